The third-order valence-corrected chi connectivity index (χ3v) is 3.62. The minimum absolute atomic E-state index is 0.0796. The van der Waals surface area contributed by atoms with Gasteiger partial charge >= 0.3 is 0 Å². The van der Waals surface area contributed by atoms with E-state index in [1.807, 2.05) is 7.05 Å². The average Bonchev–Trinajstić information content (AvgIpc) is 2.35. The maximum absolute atomic E-state index is 13.9. The molecule has 2 rings (SSSR count). The van der Waals surface area contributed by atoms with E-state index in [0.717, 1.165) is 19.4 Å². The molecule has 0 bridgehead atoms. The molecule has 1 N–H and O–H groups in total. The van der Waals surface area contributed by atoms with Crippen LogP contribution in [0.3, 0.4) is 0 Å². The van der Waals surface area contributed by atoms with Crippen LogP contribution in [0.5, 0.6) is 0 Å². The Balaban J connectivity index is 2.27. The molecule has 1 saturated heterocycles. The van der Waals surface area contributed by atoms with Gasteiger partial charge in [0.2, 0.25) is 0 Å². The van der Waals surface area contributed by atoms with Crippen LogP contribution in [0.1, 0.15) is 24.4 Å². The summed E-state index contributed by atoms with van der Waals surface area (Å²) in [6.45, 7) is 1.47. The Labute approximate surface area is 106 Å². The summed E-state index contributed by atoms with van der Waals surface area (Å²) >= 11 is 6.10. The van der Waals surface area contributed by atoms with Gasteiger partial charge in [-0.15, -0.1) is 0 Å². The molecule has 0 radical (unpaired) electrons. The Morgan fingerprint density at radius 1 is 1.53 bits per heavy atom. The lowest BCUT2D eigenvalue weighted by atomic mass is 9.88. The number of rotatable bonds is 3. The zero-order valence-electron chi connectivity index (χ0n) is 9.88. The molecule has 1 aromatic rings. The minimum atomic E-state index is -0.248. The van der Waals surface area contributed by atoms with Crippen molar-refractivity contribution in [1.29, 1.82) is 0 Å². The molecule has 4 heteroatoms. The Hall–Kier alpha value is -0.640. The summed E-state index contributed by atoms with van der Waals surface area (Å²) < 4.78 is 19.3. The van der Waals surface area contributed by atoms with Gasteiger partial charge in [-0.2, -0.15) is 0 Å². The van der Waals surface area contributed by atoms with Gasteiger partial charge in [0, 0.05) is 29.2 Å². The van der Waals surface area contributed by atoms with Crippen LogP contribution in [0.15, 0.2) is 18.2 Å². The maximum Gasteiger partial charge on any atom is 0.129 e. The fourth-order valence-corrected chi connectivity index (χ4v) is 2.73. The summed E-state index contributed by atoms with van der Waals surface area (Å²) in [4.78, 5) is 0. The van der Waals surface area contributed by atoms with Crippen molar-refractivity contribution in [2.24, 2.45) is 5.92 Å². The monoisotopic (exact) mass is 257 g/mol. The van der Waals surface area contributed by atoms with E-state index in [1.165, 1.54) is 6.07 Å². The summed E-state index contributed by atoms with van der Waals surface area (Å²) in [7, 11) is 1.84. The van der Waals surface area contributed by atoms with Crippen molar-refractivity contribution in [3.63, 3.8) is 0 Å². The molecule has 0 aliphatic carbocycles. The second kappa shape index (κ2) is 5.80. The van der Waals surface area contributed by atoms with Gasteiger partial charge in [-0.25, -0.2) is 4.39 Å². The van der Waals surface area contributed by atoms with Gasteiger partial charge in [0.05, 0.1) is 6.61 Å². The van der Waals surface area contributed by atoms with Gasteiger partial charge < -0.3 is 10.1 Å². The van der Waals surface area contributed by atoms with Gasteiger partial charge in [0.15, 0.2) is 0 Å². The smallest absolute Gasteiger partial charge is 0.129 e. The Morgan fingerprint density at radius 3 is 2.94 bits per heavy atom. The highest BCUT2D eigenvalue weighted by Crippen LogP contribution is 2.34. The van der Waals surface area contributed by atoms with E-state index in [-0.39, 0.29) is 17.8 Å². The molecular weight excluding hydrogens is 241 g/mol. The molecule has 1 aliphatic heterocycles. The first-order valence-electron chi connectivity index (χ1n) is 5.93. The Morgan fingerprint density at radius 2 is 2.35 bits per heavy atom. The van der Waals surface area contributed by atoms with Crippen LogP contribution in [0.4, 0.5) is 4.39 Å². The molecule has 1 aliphatic rings. The van der Waals surface area contributed by atoms with E-state index in [9.17, 15) is 4.39 Å². The molecule has 1 fully saturated rings. The maximum atomic E-state index is 13.9. The van der Waals surface area contributed by atoms with Gasteiger partial charge in [-0.05, 0) is 32.0 Å². The van der Waals surface area contributed by atoms with Crippen LogP contribution < -0.4 is 5.32 Å². The van der Waals surface area contributed by atoms with E-state index in [1.54, 1.807) is 12.1 Å². The number of hydrogen-bond acceptors (Lipinski definition) is 2. The molecule has 0 aromatic heterocycles. The molecule has 1 heterocycles. The van der Waals surface area contributed by atoms with Crippen LogP contribution in [0, 0.1) is 11.7 Å². The summed E-state index contributed by atoms with van der Waals surface area (Å²) in [6.07, 6.45) is 2.06. The van der Waals surface area contributed by atoms with Crippen LogP contribution >= 0.6 is 11.6 Å². The Kier molecular flexibility index (Phi) is 4.37. The fraction of sp³-hybridized carbons (Fsp3) is 0.538. The SMILES string of the molecule is CNC(c1c(F)cccc1Cl)C1CCCOC1. The first-order valence-corrected chi connectivity index (χ1v) is 6.30. The first-order chi connectivity index (χ1) is 8.24. The van der Waals surface area contributed by atoms with Gasteiger partial charge in [0.25, 0.3) is 0 Å². The van der Waals surface area contributed by atoms with Crippen molar-refractivity contribution in [3.8, 4) is 0 Å². The highest BCUT2D eigenvalue weighted by atomic mass is 35.5. The second-order valence-corrected chi connectivity index (χ2v) is 4.79. The summed E-state index contributed by atoms with van der Waals surface area (Å²) in [5, 5.41) is 3.65. The molecule has 0 amide bonds. The van der Waals surface area contributed by atoms with E-state index in [2.05, 4.69) is 5.32 Å². The number of benzene rings is 1. The van der Waals surface area contributed by atoms with Crippen molar-refractivity contribution in [2.75, 3.05) is 20.3 Å². The van der Waals surface area contributed by atoms with Crippen molar-refractivity contribution in [1.82, 2.24) is 5.32 Å². The van der Waals surface area contributed by atoms with Crippen molar-refractivity contribution >= 4 is 11.6 Å². The molecule has 0 spiro atoms. The third kappa shape index (κ3) is 2.79. The number of halogens is 2. The van der Waals surface area contributed by atoms with Crippen LogP contribution in [-0.2, 0) is 4.74 Å². The normalized spacial score (nSPS) is 22.4. The van der Waals surface area contributed by atoms with Gasteiger partial charge in [-0.3, -0.25) is 0 Å². The lowest BCUT2D eigenvalue weighted by molar-refractivity contribution is 0.0397. The number of nitrogens with one attached hydrogen (secondary N) is 1. The molecule has 0 saturated carbocycles. The van der Waals surface area contributed by atoms with Crippen molar-refractivity contribution in [2.45, 2.75) is 18.9 Å². The molecule has 2 unspecified atom stereocenters. The number of ether oxygens (including phenoxy) is 1. The molecule has 94 valence electrons. The summed E-state index contributed by atoms with van der Waals surface area (Å²) in [6, 6.07) is 4.73. The van der Waals surface area contributed by atoms with Crippen LogP contribution in [0.2, 0.25) is 5.02 Å². The molecular formula is C13H17ClFNO. The fourth-order valence-electron chi connectivity index (χ4n) is 2.45. The molecule has 2 atom stereocenters. The highest BCUT2D eigenvalue weighted by molar-refractivity contribution is 6.31. The van der Waals surface area contributed by atoms with E-state index < -0.39 is 0 Å². The van der Waals surface area contributed by atoms with Crippen LogP contribution in [0.25, 0.3) is 0 Å². The van der Waals surface area contributed by atoms with Crippen LogP contribution in [-0.4, -0.2) is 20.3 Å². The van der Waals surface area contributed by atoms with E-state index in [4.69, 9.17) is 16.3 Å². The second-order valence-electron chi connectivity index (χ2n) is 4.38. The van der Waals surface area contributed by atoms with E-state index in [0.29, 0.717) is 17.2 Å². The van der Waals surface area contributed by atoms with E-state index >= 15 is 0 Å². The lowest BCUT2D eigenvalue weighted by Gasteiger charge is -2.31. The predicted octanol–water partition coefficient (Wildman–Crippen LogP) is 3.17. The highest BCUT2D eigenvalue weighted by Gasteiger charge is 2.28. The number of hydrogen-bond donors (Lipinski definition) is 1. The summed E-state index contributed by atoms with van der Waals surface area (Å²) in [5.74, 6) is 0.0329. The molecule has 2 nitrogen and oxygen atoms in total. The average molecular weight is 258 g/mol. The third-order valence-electron chi connectivity index (χ3n) is 3.29. The van der Waals surface area contributed by atoms with Crippen molar-refractivity contribution < 1.29 is 9.13 Å². The quantitative estimate of drug-likeness (QED) is 0.898. The van der Waals surface area contributed by atoms with Crippen molar-refractivity contribution in [3.05, 3.63) is 34.6 Å². The standard InChI is InChI=1S/C13H17ClFNO/c1-16-13(9-4-3-7-17-8-9)12-10(14)5-2-6-11(12)15/h2,5-6,9,13,16H,3-4,7-8H2,1H3. The minimum Gasteiger partial charge on any atom is -0.381 e. The summed E-state index contributed by atoms with van der Waals surface area (Å²) in [5.41, 5.74) is 0.562. The lowest BCUT2D eigenvalue weighted by Crippen LogP contribution is -2.32. The first kappa shape index (κ1) is 12.8. The molecule has 17 heavy (non-hydrogen) atoms. The zero-order valence-corrected chi connectivity index (χ0v) is 10.6. The largest absolute Gasteiger partial charge is 0.381 e. The van der Waals surface area contributed by atoms with Gasteiger partial charge in [0.1, 0.15) is 5.82 Å². The zero-order chi connectivity index (χ0) is 12.3. The van der Waals surface area contributed by atoms with Gasteiger partial charge in [-0.1, -0.05) is 17.7 Å². The predicted molar refractivity (Wildman–Crippen MR) is 66.8 cm³/mol. The molecule has 1 aromatic carbocycles. The Bertz CT molecular complexity index is 359. The topological polar surface area (TPSA) is 21.3 Å².